The van der Waals surface area contributed by atoms with Gasteiger partial charge in [-0.2, -0.15) is 0 Å². The first-order valence-electron chi connectivity index (χ1n) is 8.32. The van der Waals surface area contributed by atoms with Crippen molar-refractivity contribution < 1.29 is 9.59 Å². The molecule has 1 fully saturated rings. The minimum absolute atomic E-state index is 0.216. The highest BCUT2D eigenvalue weighted by Crippen LogP contribution is 2.47. The van der Waals surface area contributed by atoms with Crippen LogP contribution in [0.3, 0.4) is 0 Å². The van der Waals surface area contributed by atoms with Gasteiger partial charge in [0.1, 0.15) is 5.41 Å². The second-order valence-corrected chi connectivity index (χ2v) is 7.10. The summed E-state index contributed by atoms with van der Waals surface area (Å²) < 4.78 is 0. The molecule has 0 aliphatic heterocycles. The van der Waals surface area contributed by atoms with Crippen molar-refractivity contribution >= 4 is 29.1 Å². The van der Waals surface area contributed by atoms with Crippen molar-refractivity contribution in [2.45, 2.75) is 33.2 Å². The van der Waals surface area contributed by atoms with E-state index in [2.05, 4.69) is 10.6 Å². The van der Waals surface area contributed by atoms with E-state index in [4.69, 9.17) is 11.6 Å². The van der Waals surface area contributed by atoms with Gasteiger partial charge >= 0.3 is 0 Å². The van der Waals surface area contributed by atoms with Gasteiger partial charge in [0, 0.05) is 17.3 Å². The monoisotopic (exact) mass is 356 g/mol. The zero-order chi connectivity index (χ0) is 18.0. The van der Waals surface area contributed by atoms with E-state index in [0.717, 1.165) is 16.7 Å². The van der Waals surface area contributed by atoms with E-state index in [1.54, 1.807) is 12.1 Å². The fourth-order valence-corrected chi connectivity index (χ4v) is 3.00. The van der Waals surface area contributed by atoms with E-state index < -0.39 is 5.41 Å². The van der Waals surface area contributed by atoms with E-state index in [1.807, 2.05) is 44.2 Å². The second kappa shape index (κ2) is 6.89. The van der Waals surface area contributed by atoms with Crippen LogP contribution in [-0.2, 0) is 16.1 Å². The van der Waals surface area contributed by atoms with Crippen LogP contribution in [0.1, 0.15) is 29.5 Å². The van der Waals surface area contributed by atoms with Crippen molar-refractivity contribution in [3.63, 3.8) is 0 Å². The van der Waals surface area contributed by atoms with Crippen LogP contribution in [0.5, 0.6) is 0 Å². The highest BCUT2D eigenvalue weighted by Gasteiger charge is 2.56. The fraction of sp³-hybridized carbons (Fsp3) is 0.300. The summed E-state index contributed by atoms with van der Waals surface area (Å²) in [6.07, 6.45) is 1.14. The Kier molecular flexibility index (Phi) is 4.82. The van der Waals surface area contributed by atoms with E-state index in [0.29, 0.717) is 30.1 Å². The molecule has 1 aliphatic carbocycles. The molecule has 1 saturated carbocycles. The van der Waals surface area contributed by atoms with Crippen molar-refractivity contribution in [1.82, 2.24) is 5.32 Å². The molecule has 2 N–H and O–H groups in total. The molecular weight excluding hydrogens is 336 g/mol. The SMILES string of the molecule is Cc1cccc(CNC(=O)C2(C(=O)Nc3cc(Cl)ccc3C)CC2)c1. The molecule has 4 nitrogen and oxygen atoms in total. The standard InChI is InChI=1S/C20H21ClN2O2/c1-13-4-3-5-15(10-13)12-22-18(24)20(8-9-20)19(25)23-17-11-16(21)7-6-14(17)2/h3-7,10-11H,8-9,12H2,1-2H3,(H,22,24)(H,23,25). The van der Waals surface area contributed by atoms with Crippen LogP contribution in [-0.4, -0.2) is 11.8 Å². The number of rotatable bonds is 5. The first-order chi connectivity index (χ1) is 11.9. The highest BCUT2D eigenvalue weighted by atomic mass is 35.5. The van der Waals surface area contributed by atoms with Crippen LogP contribution >= 0.6 is 11.6 Å². The molecule has 1 aliphatic rings. The molecule has 0 heterocycles. The summed E-state index contributed by atoms with van der Waals surface area (Å²) in [7, 11) is 0. The Labute approximate surface area is 152 Å². The number of halogens is 1. The molecule has 0 saturated heterocycles. The number of carbonyl (C=O) groups is 2. The molecule has 0 atom stereocenters. The van der Waals surface area contributed by atoms with Crippen molar-refractivity contribution in [1.29, 1.82) is 0 Å². The van der Waals surface area contributed by atoms with Crippen LogP contribution in [0.2, 0.25) is 5.02 Å². The number of aryl methyl sites for hydroxylation is 2. The Hall–Kier alpha value is -2.33. The zero-order valence-corrected chi connectivity index (χ0v) is 15.1. The maximum Gasteiger partial charge on any atom is 0.240 e. The van der Waals surface area contributed by atoms with Gasteiger partial charge in [-0.1, -0.05) is 47.5 Å². The molecule has 0 bridgehead atoms. The summed E-state index contributed by atoms with van der Waals surface area (Å²) >= 11 is 5.99. The molecule has 0 spiro atoms. The average Bonchev–Trinajstić information content (AvgIpc) is 3.38. The van der Waals surface area contributed by atoms with Gasteiger partial charge in [0.05, 0.1) is 0 Å². The van der Waals surface area contributed by atoms with E-state index >= 15 is 0 Å². The molecule has 2 aromatic rings. The van der Waals surface area contributed by atoms with Crippen molar-refractivity contribution in [3.05, 3.63) is 64.2 Å². The van der Waals surface area contributed by atoms with Gasteiger partial charge in [0.2, 0.25) is 11.8 Å². The Morgan fingerprint density at radius 1 is 1.08 bits per heavy atom. The first-order valence-corrected chi connectivity index (χ1v) is 8.70. The first kappa shape index (κ1) is 17.5. The van der Waals surface area contributed by atoms with Crippen LogP contribution < -0.4 is 10.6 Å². The highest BCUT2D eigenvalue weighted by molar-refractivity contribution is 6.31. The lowest BCUT2D eigenvalue weighted by Gasteiger charge is -2.17. The number of benzene rings is 2. The van der Waals surface area contributed by atoms with Gasteiger partial charge in [-0.3, -0.25) is 9.59 Å². The predicted molar refractivity (Wildman–Crippen MR) is 99.5 cm³/mol. The minimum atomic E-state index is -0.960. The summed E-state index contributed by atoms with van der Waals surface area (Å²) in [5.41, 5.74) is 2.76. The van der Waals surface area contributed by atoms with Gasteiger partial charge in [-0.15, -0.1) is 0 Å². The molecule has 2 aromatic carbocycles. The third-order valence-corrected chi connectivity index (χ3v) is 4.84. The Balaban J connectivity index is 1.65. The molecular formula is C20H21ClN2O2. The average molecular weight is 357 g/mol. The number of hydrogen-bond acceptors (Lipinski definition) is 2. The molecule has 130 valence electrons. The normalized spacial score (nSPS) is 14.7. The smallest absolute Gasteiger partial charge is 0.240 e. The summed E-state index contributed by atoms with van der Waals surface area (Å²) in [5.74, 6) is -0.481. The number of carbonyl (C=O) groups excluding carboxylic acids is 2. The van der Waals surface area contributed by atoms with Crippen molar-refractivity contribution in [2.24, 2.45) is 5.41 Å². The van der Waals surface area contributed by atoms with Gasteiger partial charge in [0.25, 0.3) is 0 Å². The van der Waals surface area contributed by atoms with Crippen molar-refractivity contribution in [2.75, 3.05) is 5.32 Å². The lowest BCUT2D eigenvalue weighted by atomic mass is 10.0. The lowest BCUT2D eigenvalue weighted by Crippen LogP contribution is -2.39. The van der Waals surface area contributed by atoms with Gasteiger partial charge in [-0.25, -0.2) is 0 Å². The summed E-state index contributed by atoms with van der Waals surface area (Å²) in [4.78, 5) is 25.2. The summed E-state index contributed by atoms with van der Waals surface area (Å²) in [6, 6.07) is 13.3. The second-order valence-electron chi connectivity index (χ2n) is 6.67. The van der Waals surface area contributed by atoms with Crippen LogP contribution in [0.4, 0.5) is 5.69 Å². The Morgan fingerprint density at radius 2 is 1.84 bits per heavy atom. The van der Waals surface area contributed by atoms with Gasteiger partial charge < -0.3 is 10.6 Å². The lowest BCUT2D eigenvalue weighted by molar-refractivity contribution is -0.134. The van der Waals surface area contributed by atoms with Crippen LogP contribution in [0.25, 0.3) is 0 Å². The molecule has 5 heteroatoms. The minimum Gasteiger partial charge on any atom is -0.351 e. The third-order valence-electron chi connectivity index (χ3n) is 4.60. The fourth-order valence-electron chi connectivity index (χ4n) is 2.83. The predicted octanol–water partition coefficient (Wildman–Crippen LogP) is 3.99. The topological polar surface area (TPSA) is 58.2 Å². The van der Waals surface area contributed by atoms with Gasteiger partial charge in [0.15, 0.2) is 0 Å². The molecule has 3 rings (SSSR count). The number of nitrogens with one attached hydrogen (secondary N) is 2. The molecule has 25 heavy (non-hydrogen) atoms. The molecule has 2 amide bonds. The van der Waals surface area contributed by atoms with Crippen LogP contribution in [0, 0.1) is 19.3 Å². The number of hydrogen-bond donors (Lipinski definition) is 2. The Morgan fingerprint density at radius 3 is 2.52 bits per heavy atom. The van der Waals surface area contributed by atoms with Crippen LogP contribution in [0.15, 0.2) is 42.5 Å². The molecule has 0 aromatic heterocycles. The number of amides is 2. The molecule has 0 unspecified atom stereocenters. The van der Waals surface area contributed by atoms with Crippen molar-refractivity contribution in [3.8, 4) is 0 Å². The van der Waals surface area contributed by atoms with E-state index in [1.165, 1.54) is 0 Å². The number of anilines is 1. The van der Waals surface area contributed by atoms with Gasteiger partial charge in [-0.05, 0) is 49.9 Å². The summed E-state index contributed by atoms with van der Waals surface area (Å²) in [5, 5.41) is 6.30. The van der Waals surface area contributed by atoms with E-state index in [9.17, 15) is 9.59 Å². The molecule has 0 radical (unpaired) electrons. The maximum absolute atomic E-state index is 12.7. The van der Waals surface area contributed by atoms with E-state index in [-0.39, 0.29) is 11.8 Å². The zero-order valence-electron chi connectivity index (χ0n) is 14.4. The maximum atomic E-state index is 12.7. The largest absolute Gasteiger partial charge is 0.351 e. The quantitative estimate of drug-likeness (QED) is 0.796. The third kappa shape index (κ3) is 3.85. The Bertz CT molecular complexity index is 828. The summed E-state index contributed by atoms with van der Waals surface area (Å²) in [6.45, 7) is 4.32.